The minimum atomic E-state index is -0.581. The number of piperidine rings is 1. The summed E-state index contributed by atoms with van der Waals surface area (Å²) in [6.07, 6.45) is 1.96. The van der Waals surface area contributed by atoms with Crippen LogP contribution < -0.4 is 10.6 Å². The van der Waals surface area contributed by atoms with Gasteiger partial charge in [0.15, 0.2) is 11.7 Å². The van der Waals surface area contributed by atoms with Crippen LogP contribution in [0.25, 0.3) is 0 Å². The first-order valence-corrected chi connectivity index (χ1v) is 10.3. The summed E-state index contributed by atoms with van der Waals surface area (Å²) in [4.78, 5) is 31.4. The van der Waals surface area contributed by atoms with Gasteiger partial charge < -0.3 is 34.6 Å². The van der Waals surface area contributed by atoms with Crippen molar-refractivity contribution in [1.29, 1.82) is 0 Å². The maximum Gasteiger partial charge on any atom is 0.409 e. The number of hydrogen-bond acceptors (Lipinski definition) is 6. The van der Waals surface area contributed by atoms with Crippen LogP contribution in [0.5, 0.6) is 0 Å². The molecule has 0 radical (unpaired) electrons. The lowest BCUT2D eigenvalue weighted by Crippen LogP contribution is -2.50. The number of likely N-dealkylation sites (tertiary alicyclic amines) is 1. The number of rotatable bonds is 7. The molecule has 0 spiro atoms. The third-order valence-corrected chi connectivity index (χ3v) is 5.00. The number of ether oxygens (including phenoxy) is 3. The number of amides is 2. The number of carbonyl (C=O) groups is 2. The fourth-order valence-corrected chi connectivity index (χ4v) is 3.16. The molecule has 0 bridgehead atoms. The van der Waals surface area contributed by atoms with E-state index in [1.165, 1.54) is 4.90 Å². The van der Waals surface area contributed by atoms with Gasteiger partial charge in [0.2, 0.25) is 5.91 Å². The molecule has 2 aliphatic rings. The number of guanidine groups is 1. The number of hydrogen-bond donors (Lipinski definition) is 2. The van der Waals surface area contributed by atoms with Gasteiger partial charge in [-0.1, -0.05) is 0 Å². The minimum absolute atomic E-state index is 0. The molecule has 174 valence electrons. The summed E-state index contributed by atoms with van der Waals surface area (Å²) in [6, 6.07) is 0.163. The van der Waals surface area contributed by atoms with Crippen LogP contribution in [0.3, 0.4) is 0 Å². The Kier molecular flexibility index (Phi) is 11.7. The lowest BCUT2D eigenvalue weighted by Gasteiger charge is -2.32. The van der Waals surface area contributed by atoms with Gasteiger partial charge in [-0.15, -0.1) is 24.0 Å². The Morgan fingerprint density at radius 1 is 1.23 bits per heavy atom. The summed E-state index contributed by atoms with van der Waals surface area (Å²) >= 11 is 0. The highest BCUT2D eigenvalue weighted by molar-refractivity contribution is 14.0. The van der Waals surface area contributed by atoms with Gasteiger partial charge in [-0.25, -0.2) is 9.79 Å². The summed E-state index contributed by atoms with van der Waals surface area (Å²) in [6.45, 7) is 7.22. The van der Waals surface area contributed by atoms with Crippen LogP contribution in [0.2, 0.25) is 0 Å². The molecule has 30 heavy (non-hydrogen) atoms. The highest BCUT2D eigenvalue weighted by atomic mass is 127. The van der Waals surface area contributed by atoms with Crippen LogP contribution in [-0.4, -0.2) is 99.7 Å². The van der Waals surface area contributed by atoms with Crippen molar-refractivity contribution in [2.24, 2.45) is 4.99 Å². The topological polar surface area (TPSA) is 105 Å². The first kappa shape index (κ1) is 26.7. The Hall–Kier alpha value is -1.34. The molecule has 2 fully saturated rings. The van der Waals surface area contributed by atoms with Gasteiger partial charge in [0, 0.05) is 46.2 Å². The minimum Gasteiger partial charge on any atom is -0.450 e. The molecule has 0 atom stereocenters. The van der Waals surface area contributed by atoms with E-state index in [9.17, 15) is 9.59 Å². The van der Waals surface area contributed by atoms with Crippen molar-refractivity contribution in [1.82, 2.24) is 20.4 Å². The van der Waals surface area contributed by atoms with Crippen LogP contribution in [0.1, 0.15) is 33.1 Å². The van der Waals surface area contributed by atoms with E-state index in [-0.39, 0.29) is 48.6 Å². The molecule has 2 heterocycles. The molecule has 0 aromatic carbocycles. The molecule has 0 saturated carbocycles. The first-order chi connectivity index (χ1) is 13.8. The Morgan fingerprint density at radius 3 is 2.43 bits per heavy atom. The number of carbonyl (C=O) groups excluding carboxylic acids is 2. The van der Waals surface area contributed by atoms with Gasteiger partial charge in [-0.3, -0.25) is 4.79 Å². The molecule has 2 amide bonds. The molecule has 0 aromatic heterocycles. The van der Waals surface area contributed by atoms with Crippen molar-refractivity contribution >= 4 is 41.9 Å². The molecule has 2 N–H and O–H groups in total. The molecule has 0 unspecified atom stereocenters. The van der Waals surface area contributed by atoms with E-state index in [0.29, 0.717) is 51.8 Å². The van der Waals surface area contributed by atoms with Gasteiger partial charge >= 0.3 is 6.09 Å². The summed E-state index contributed by atoms with van der Waals surface area (Å²) in [5.74, 6) is -0.0724. The van der Waals surface area contributed by atoms with Crippen LogP contribution in [0, 0.1) is 0 Å². The van der Waals surface area contributed by atoms with Crippen molar-refractivity contribution < 1.29 is 23.8 Å². The Labute approximate surface area is 196 Å². The van der Waals surface area contributed by atoms with E-state index in [1.54, 1.807) is 25.9 Å². The number of likely N-dealkylation sites (N-methyl/N-ethyl adjacent to an activating group) is 1. The molecule has 2 aliphatic heterocycles. The monoisotopic (exact) mass is 541 g/mol. The Balaban J connectivity index is 0.00000450. The number of aliphatic imine (C=N–C) groups is 1. The predicted molar refractivity (Wildman–Crippen MR) is 124 cm³/mol. The van der Waals surface area contributed by atoms with Gasteiger partial charge in [0.05, 0.1) is 19.8 Å². The van der Waals surface area contributed by atoms with Crippen molar-refractivity contribution in [2.45, 2.75) is 44.9 Å². The fraction of sp³-hybridized carbons (Fsp3) is 0.842. The van der Waals surface area contributed by atoms with E-state index in [4.69, 9.17) is 14.2 Å². The average molecular weight is 541 g/mol. The smallest absolute Gasteiger partial charge is 0.409 e. The van der Waals surface area contributed by atoms with E-state index in [0.717, 1.165) is 12.8 Å². The summed E-state index contributed by atoms with van der Waals surface area (Å²) in [5.41, 5.74) is 0. The lowest BCUT2D eigenvalue weighted by atomic mass is 10.1. The molecule has 0 aliphatic carbocycles. The summed E-state index contributed by atoms with van der Waals surface area (Å²) in [5, 5.41) is 6.66. The fourth-order valence-electron chi connectivity index (χ4n) is 3.16. The summed E-state index contributed by atoms with van der Waals surface area (Å²) < 4.78 is 16.3. The zero-order valence-electron chi connectivity index (χ0n) is 18.4. The number of nitrogens with one attached hydrogen (secondary N) is 2. The van der Waals surface area contributed by atoms with Crippen LogP contribution in [-0.2, 0) is 19.0 Å². The van der Waals surface area contributed by atoms with E-state index < -0.39 is 5.79 Å². The number of halogens is 1. The van der Waals surface area contributed by atoms with Crippen molar-refractivity contribution in [3.05, 3.63) is 0 Å². The maximum absolute atomic E-state index is 11.9. The van der Waals surface area contributed by atoms with Gasteiger partial charge in [0.25, 0.3) is 0 Å². The molecular formula is C19H36IN5O5. The van der Waals surface area contributed by atoms with Crippen LogP contribution in [0.4, 0.5) is 4.79 Å². The second kappa shape index (κ2) is 13.2. The quantitative estimate of drug-likeness (QED) is 0.282. The van der Waals surface area contributed by atoms with Gasteiger partial charge in [-0.05, 0) is 26.7 Å². The van der Waals surface area contributed by atoms with Gasteiger partial charge in [0.1, 0.15) is 6.54 Å². The SMILES string of the molecule is CCOC(=O)N1CCC(NC(=NCC(=O)N(C)C)NCCC2(C)OCCO2)CC1.I. The third-order valence-electron chi connectivity index (χ3n) is 5.00. The largest absolute Gasteiger partial charge is 0.450 e. The van der Waals surface area contributed by atoms with Crippen molar-refractivity contribution in [2.75, 3.05) is 60.1 Å². The second-order valence-electron chi connectivity index (χ2n) is 7.57. The second-order valence-corrected chi connectivity index (χ2v) is 7.57. The van der Waals surface area contributed by atoms with Crippen LogP contribution in [0.15, 0.2) is 4.99 Å². The van der Waals surface area contributed by atoms with Crippen molar-refractivity contribution in [3.8, 4) is 0 Å². The van der Waals surface area contributed by atoms with E-state index >= 15 is 0 Å². The molecule has 2 rings (SSSR count). The standard InChI is InChI=1S/C19H35N5O5.HI/c1-5-27-18(26)24-10-6-15(7-11-24)22-17(21-14-16(25)23(3)4)20-9-8-19(2)28-12-13-29-19;/h15H,5-14H2,1-4H3,(H2,20,21,22);1H. The highest BCUT2D eigenvalue weighted by Crippen LogP contribution is 2.21. The maximum atomic E-state index is 11.9. The zero-order valence-corrected chi connectivity index (χ0v) is 20.8. The Bertz CT molecular complexity index is 576. The molecule has 11 heteroatoms. The molecule has 0 aromatic rings. The number of nitrogens with zero attached hydrogens (tertiary/aromatic N) is 3. The normalized spacial score (nSPS) is 19.1. The predicted octanol–water partition coefficient (Wildman–Crippen LogP) is 1.00. The molecule has 10 nitrogen and oxygen atoms in total. The molecule has 2 saturated heterocycles. The third kappa shape index (κ3) is 8.80. The average Bonchev–Trinajstić information content (AvgIpc) is 3.12. The molecular weight excluding hydrogens is 505 g/mol. The summed E-state index contributed by atoms with van der Waals surface area (Å²) in [7, 11) is 3.41. The van der Waals surface area contributed by atoms with E-state index in [1.807, 2.05) is 6.92 Å². The van der Waals surface area contributed by atoms with Crippen molar-refractivity contribution in [3.63, 3.8) is 0 Å². The lowest BCUT2D eigenvalue weighted by molar-refractivity contribution is -0.145. The van der Waals surface area contributed by atoms with Crippen LogP contribution >= 0.6 is 24.0 Å². The first-order valence-electron chi connectivity index (χ1n) is 10.3. The van der Waals surface area contributed by atoms with Gasteiger partial charge in [-0.2, -0.15) is 0 Å². The zero-order chi connectivity index (χ0) is 21.3. The highest BCUT2D eigenvalue weighted by Gasteiger charge is 2.30. The Morgan fingerprint density at radius 2 is 1.87 bits per heavy atom. The van der Waals surface area contributed by atoms with E-state index in [2.05, 4.69) is 15.6 Å².